The number of aryl methyl sites for hydroxylation is 1. The summed E-state index contributed by atoms with van der Waals surface area (Å²) < 4.78 is 103. The number of nitriles is 1. The standard InChI is InChI=1S/C26H25F4N5OS/c1-4-35-14-20(25(32-35)26(28,29)30)24-17(7-5-8-21(24)27)19-13-34(23(36)9-6-10-33(2)3)15-22-18(19)11-16(12-31)37-22/h5-9,11,14,19H,4,10,13,15H2,1-3H3/b9-6+/t19-/m0/s1/i2D3,3D3. The lowest BCUT2D eigenvalue weighted by atomic mass is 9.83. The molecule has 11 heteroatoms. The number of nitrogens with zero attached hydrogens (tertiary/aromatic N) is 5. The maximum Gasteiger partial charge on any atom is 0.435 e. The molecule has 2 aromatic heterocycles. The summed E-state index contributed by atoms with van der Waals surface area (Å²) in [6.45, 7) is -4.89. The average Bonchev–Trinajstić information content (AvgIpc) is 3.53. The fourth-order valence-corrected chi connectivity index (χ4v) is 5.40. The zero-order valence-corrected chi connectivity index (χ0v) is 20.3. The van der Waals surface area contributed by atoms with Gasteiger partial charge in [0.1, 0.15) is 16.8 Å². The maximum atomic E-state index is 15.5. The van der Waals surface area contributed by atoms with E-state index in [2.05, 4.69) is 5.10 Å². The van der Waals surface area contributed by atoms with Crippen LogP contribution in [0.15, 0.2) is 42.6 Å². The minimum Gasteiger partial charge on any atom is -0.333 e. The number of carbonyl (C=O) groups is 1. The third-order valence-corrected chi connectivity index (χ3v) is 7.01. The molecule has 1 aliphatic heterocycles. The first-order valence-electron chi connectivity index (χ1n) is 14.1. The van der Waals surface area contributed by atoms with Crippen molar-refractivity contribution < 1.29 is 30.6 Å². The van der Waals surface area contributed by atoms with E-state index in [1.165, 1.54) is 17.0 Å². The molecule has 0 N–H and O–H groups in total. The van der Waals surface area contributed by atoms with E-state index in [0.717, 1.165) is 40.4 Å². The van der Waals surface area contributed by atoms with Crippen molar-refractivity contribution in [1.82, 2.24) is 19.6 Å². The molecule has 3 heterocycles. The number of likely N-dealkylation sites (N-methyl/N-ethyl adjacent to an activating group) is 1. The summed E-state index contributed by atoms with van der Waals surface area (Å²) in [5, 5.41) is 13.1. The van der Waals surface area contributed by atoms with Gasteiger partial charge in [0.05, 0.1) is 6.54 Å². The van der Waals surface area contributed by atoms with Crippen LogP contribution in [0.5, 0.6) is 0 Å². The highest BCUT2D eigenvalue weighted by Gasteiger charge is 2.40. The number of alkyl halides is 3. The summed E-state index contributed by atoms with van der Waals surface area (Å²) in [5.74, 6) is -2.39. The van der Waals surface area contributed by atoms with Crippen LogP contribution in [0, 0.1) is 17.1 Å². The van der Waals surface area contributed by atoms with Crippen LogP contribution in [0.2, 0.25) is 0 Å². The number of rotatable bonds is 6. The van der Waals surface area contributed by atoms with Gasteiger partial charge in [0, 0.05) is 62.1 Å². The summed E-state index contributed by atoms with van der Waals surface area (Å²) in [4.78, 5) is 15.7. The Labute approximate surface area is 224 Å². The van der Waals surface area contributed by atoms with Crippen molar-refractivity contribution >= 4 is 17.2 Å². The number of hydrogen-bond acceptors (Lipinski definition) is 5. The summed E-state index contributed by atoms with van der Waals surface area (Å²) in [5.41, 5.74) is -1.33. The average molecular weight is 538 g/mol. The van der Waals surface area contributed by atoms with Gasteiger partial charge in [-0.15, -0.1) is 11.3 Å². The zero-order chi connectivity index (χ0) is 31.9. The van der Waals surface area contributed by atoms with Crippen molar-refractivity contribution in [2.24, 2.45) is 0 Å². The number of thiophene rings is 1. The number of aromatic nitrogens is 2. The predicted molar refractivity (Wildman–Crippen MR) is 132 cm³/mol. The van der Waals surface area contributed by atoms with Crippen LogP contribution in [-0.4, -0.2) is 52.5 Å². The molecule has 0 spiro atoms. The lowest BCUT2D eigenvalue weighted by molar-refractivity contribution is -0.141. The van der Waals surface area contributed by atoms with E-state index < -0.39 is 55.6 Å². The van der Waals surface area contributed by atoms with Crippen LogP contribution < -0.4 is 0 Å². The van der Waals surface area contributed by atoms with Gasteiger partial charge >= 0.3 is 6.18 Å². The minimum absolute atomic E-state index is 0.0236. The summed E-state index contributed by atoms with van der Waals surface area (Å²) in [7, 11) is 0. The highest BCUT2D eigenvalue weighted by Crippen LogP contribution is 2.45. The quantitative estimate of drug-likeness (QED) is 0.318. The van der Waals surface area contributed by atoms with Gasteiger partial charge in [0.25, 0.3) is 0 Å². The molecule has 37 heavy (non-hydrogen) atoms. The number of fused-ring (bicyclic) bond motifs is 1. The van der Waals surface area contributed by atoms with Gasteiger partial charge in [0.2, 0.25) is 5.91 Å². The molecule has 0 fully saturated rings. The van der Waals surface area contributed by atoms with Gasteiger partial charge in [0.15, 0.2) is 5.69 Å². The normalized spacial score (nSPS) is 18.9. The van der Waals surface area contributed by atoms with Crippen molar-refractivity contribution in [1.29, 1.82) is 5.26 Å². The molecule has 0 unspecified atom stereocenters. The molecule has 3 aromatic rings. The van der Waals surface area contributed by atoms with E-state index in [4.69, 9.17) is 8.22 Å². The topological polar surface area (TPSA) is 65.2 Å². The number of carbonyl (C=O) groups excluding carboxylic acids is 1. The SMILES string of the molecule is [2H]C([2H])([2H])N(C/C=C/C(=O)N1Cc2sc(C#N)cc2[C@H](c2cccc(F)c2-c2cn(CC)nc2C(F)(F)F)C1)C([2H])([2H])[2H]. The molecule has 6 nitrogen and oxygen atoms in total. The lowest BCUT2D eigenvalue weighted by Crippen LogP contribution is -2.37. The molecule has 194 valence electrons. The van der Waals surface area contributed by atoms with Crippen molar-refractivity contribution in [3.05, 3.63) is 75.0 Å². The molecule has 0 radical (unpaired) electrons. The van der Waals surface area contributed by atoms with Gasteiger partial charge in [-0.1, -0.05) is 18.2 Å². The zero-order valence-electron chi connectivity index (χ0n) is 25.5. The smallest absolute Gasteiger partial charge is 0.333 e. The fraction of sp³-hybridized carbons (Fsp3) is 0.346. The predicted octanol–water partition coefficient (Wildman–Crippen LogP) is 5.25. The van der Waals surface area contributed by atoms with E-state index in [9.17, 15) is 23.2 Å². The summed E-state index contributed by atoms with van der Waals surface area (Å²) in [6.07, 6.45) is -1.64. The van der Waals surface area contributed by atoms with Gasteiger partial charge in [-0.3, -0.25) is 9.48 Å². The third-order valence-electron chi connectivity index (χ3n) is 5.97. The Kier molecular flexibility index (Phi) is 5.55. The monoisotopic (exact) mass is 537 g/mol. The molecular formula is C26H25F4N5OS. The highest BCUT2D eigenvalue weighted by molar-refractivity contribution is 7.12. The molecule has 1 amide bonds. The lowest BCUT2D eigenvalue weighted by Gasteiger charge is -2.33. The Morgan fingerprint density at radius 1 is 1.38 bits per heavy atom. The molecule has 0 bridgehead atoms. The maximum absolute atomic E-state index is 15.5. The molecule has 4 rings (SSSR count). The largest absolute Gasteiger partial charge is 0.435 e. The fourth-order valence-electron chi connectivity index (χ4n) is 4.36. The van der Waals surface area contributed by atoms with E-state index >= 15 is 4.39 Å². The Bertz CT molecular complexity index is 1570. The molecular weight excluding hydrogens is 506 g/mol. The van der Waals surface area contributed by atoms with Crippen molar-refractivity contribution in [2.75, 3.05) is 27.0 Å². The number of amides is 1. The van der Waals surface area contributed by atoms with E-state index in [-0.39, 0.29) is 35.7 Å². The van der Waals surface area contributed by atoms with Crippen LogP contribution in [0.4, 0.5) is 17.6 Å². The van der Waals surface area contributed by atoms with Crippen LogP contribution in [-0.2, 0) is 24.1 Å². The Morgan fingerprint density at radius 3 is 2.84 bits per heavy atom. The van der Waals surface area contributed by atoms with Crippen LogP contribution in [0.25, 0.3) is 11.1 Å². The molecule has 0 aliphatic carbocycles. The highest BCUT2D eigenvalue weighted by atomic mass is 32.1. The van der Waals surface area contributed by atoms with Crippen molar-refractivity contribution in [3.8, 4) is 17.2 Å². The van der Waals surface area contributed by atoms with Gasteiger partial charge in [-0.05, 0) is 44.1 Å². The molecule has 0 saturated carbocycles. The van der Waals surface area contributed by atoms with Gasteiger partial charge < -0.3 is 9.80 Å². The summed E-state index contributed by atoms with van der Waals surface area (Å²) in [6, 6.07) is 7.45. The second-order valence-electron chi connectivity index (χ2n) is 8.33. The molecule has 1 aromatic carbocycles. The van der Waals surface area contributed by atoms with E-state index in [0.29, 0.717) is 15.3 Å². The number of benzene rings is 1. The summed E-state index contributed by atoms with van der Waals surface area (Å²) >= 11 is 1.09. The van der Waals surface area contributed by atoms with E-state index in [1.807, 2.05) is 6.07 Å². The first kappa shape index (κ1) is 19.6. The Balaban J connectivity index is 1.76. The number of hydrogen-bond donors (Lipinski definition) is 0. The van der Waals surface area contributed by atoms with Crippen LogP contribution in [0.3, 0.4) is 0 Å². The first-order valence-corrected chi connectivity index (χ1v) is 12.0. The number of halogens is 4. The van der Waals surface area contributed by atoms with Gasteiger partial charge in [-0.25, -0.2) is 4.39 Å². The van der Waals surface area contributed by atoms with E-state index in [1.54, 1.807) is 13.0 Å². The van der Waals surface area contributed by atoms with Crippen molar-refractivity contribution in [2.45, 2.75) is 32.1 Å². The Morgan fingerprint density at radius 2 is 2.16 bits per heavy atom. The van der Waals surface area contributed by atoms with Crippen LogP contribution in [0.1, 0.15) is 47.6 Å². The second kappa shape index (κ2) is 10.5. The molecule has 1 aliphatic rings. The Hall–Kier alpha value is -3.49. The minimum atomic E-state index is -4.88. The van der Waals surface area contributed by atoms with Crippen LogP contribution >= 0.6 is 11.3 Å². The molecule has 0 saturated heterocycles. The first-order chi connectivity index (χ1) is 20.0. The molecule has 1 atom stereocenters. The third kappa shape index (κ3) is 5.45. The van der Waals surface area contributed by atoms with Crippen molar-refractivity contribution in [3.63, 3.8) is 0 Å². The second-order valence-corrected chi connectivity index (χ2v) is 9.47. The van der Waals surface area contributed by atoms with Gasteiger partial charge in [-0.2, -0.15) is 23.5 Å².